The molecule has 100 valence electrons. The minimum absolute atomic E-state index is 0.00324. The molecule has 1 aliphatic rings. The van der Waals surface area contributed by atoms with Gasteiger partial charge in [-0.05, 0) is 18.8 Å². The summed E-state index contributed by atoms with van der Waals surface area (Å²) in [6, 6.07) is 0. The summed E-state index contributed by atoms with van der Waals surface area (Å²) in [5.41, 5.74) is 5.34. The fraction of sp³-hybridized carbons (Fsp3) is 0.750. The molecule has 0 aromatic carbocycles. The molecule has 18 heavy (non-hydrogen) atoms. The van der Waals surface area contributed by atoms with Crippen molar-refractivity contribution in [2.24, 2.45) is 17.1 Å². The molecule has 1 amide bonds. The van der Waals surface area contributed by atoms with Crippen LogP contribution in [0.4, 0.5) is 5.13 Å². The number of amides is 1. The Morgan fingerprint density at radius 2 is 2.22 bits per heavy atom. The van der Waals surface area contributed by atoms with E-state index in [9.17, 15) is 4.79 Å². The molecule has 1 heterocycles. The molecular formula is C12H20N4OS. The van der Waals surface area contributed by atoms with Gasteiger partial charge in [0.1, 0.15) is 5.01 Å². The van der Waals surface area contributed by atoms with E-state index in [1.54, 1.807) is 0 Å². The summed E-state index contributed by atoms with van der Waals surface area (Å²) in [5, 5.41) is 12.5. The van der Waals surface area contributed by atoms with Gasteiger partial charge in [0, 0.05) is 13.0 Å². The fourth-order valence-electron chi connectivity index (χ4n) is 2.09. The van der Waals surface area contributed by atoms with Crippen molar-refractivity contribution < 1.29 is 4.79 Å². The zero-order valence-electron chi connectivity index (χ0n) is 10.9. The molecule has 1 aliphatic carbocycles. The lowest BCUT2D eigenvalue weighted by Gasteiger charge is -2.38. The monoisotopic (exact) mass is 268 g/mol. The molecule has 1 fully saturated rings. The number of rotatable bonds is 5. The van der Waals surface area contributed by atoms with Gasteiger partial charge < -0.3 is 5.73 Å². The largest absolute Gasteiger partial charge is 0.329 e. The fourth-order valence-corrected chi connectivity index (χ4v) is 3.04. The minimum atomic E-state index is -0.357. The van der Waals surface area contributed by atoms with Crippen LogP contribution >= 0.6 is 11.3 Å². The molecule has 0 bridgehead atoms. The third-order valence-electron chi connectivity index (χ3n) is 3.45. The maximum atomic E-state index is 12.1. The number of anilines is 1. The van der Waals surface area contributed by atoms with Crippen molar-refractivity contribution in [3.63, 3.8) is 0 Å². The highest BCUT2D eigenvalue weighted by molar-refractivity contribution is 7.15. The van der Waals surface area contributed by atoms with E-state index in [1.165, 1.54) is 11.3 Å². The predicted molar refractivity (Wildman–Crippen MR) is 72.4 cm³/mol. The Labute approximate surface area is 111 Å². The Kier molecular flexibility index (Phi) is 3.97. The van der Waals surface area contributed by atoms with Gasteiger partial charge in [0.25, 0.3) is 0 Å². The molecule has 3 N–H and O–H groups in total. The Hall–Kier alpha value is -1.01. The normalized spacial score (nSPS) is 17.6. The van der Waals surface area contributed by atoms with Crippen molar-refractivity contribution in [1.82, 2.24) is 10.2 Å². The first kappa shape index (κ1) is 13.4. The van der Waals surface area contributed by atoms with Crippen LogP contribution < -0.4 is 11.1 Å². The molecule has 2 rings (SSSR count). The van der Waals surface area contributed by atoms with Crippen LogP contribution in [-0.2, 0) is 11.2 Å². The SMILES string of the molecule is CC(C)Cc1nnc(NC(=O)C2(CN)CCC2)s1. The number of carbonyl (C=O) groups is 1. The third-order valence-corrected chi connectivity index (χ3v) is 4.31. The Morgan fingerprint density at radius 3 is 2.72 bits per heavy atom. The second-order valence-electron chi connectivity index (χ2n) is 5.39. The second-order valence-corrected chi connectivity index (χ2v) is 6.45. The Balaban J connectivity index is 1.97. The van der Waals surface area contributed by atoms with E-state index in [4.69, 9.17) is 5.73 Å². The molecule has 0 aliphatic heterocycles. The highest BCUT2D eigenvalue weighted by Gasteiger charge is 2.43. The first-order valence-electron chi connectivity index (χ1n) is 6.39. The molecule has 5 nitrogen and oxygen atoms in total. The van der Waals surface area contributed by atoms with Gasteiger partial charge in [0.05, 0.1) is 5.41 Å². The van der Waals surface area contributed by atoms with Gasteiger partial charge in [-0.25, -0.2) is 0 Å². The van der Waals surface area contributed by atoms with Crippen LogP contribution in [-0.4, -0.2) is 22.6 Å². The van der Waals surface area contributed by atoms with Gasteiger partial charge in [-0.1, -0.05) is 31.6 Å². The number of carbonyl (C=O) groups excluding carboxylic acids is 1. The van der Waals surface area contributed by atoms with Gasteiger partial charge >= 0.3 is 0 Å². The van der Waals surface area contributed by atoms with Gasteiger partial charge in [0.15, 0.2) is 0 Å². The van der Waals surface area contributed by atoms with E-state index >= 15 is 0 Å². The van der Waals surface area contributed by atoms with Gasteiger partial charge in [-0.2, -0.15) is 0 Å². The van der Waals surface area contributed by atoms with E-state index in [1.807, 2.05) is 0 Å². The second kappa shape index (κ2) is 5.32. The van der Waals surface area contributed by atoms with Crippen LogP contribution in [0.5, 0.6) is 0 Å². The van der Waals surface area contributed by atoms with Crippen molar-refractivity contribution in [2.75, 3.05) is 11.9 Å². The average molecular weight is 268 g/mol. The smallest absolute Gasteiger partial charge is 0.233 e. The standard InChI is InChI=1S/C12H20N4OS/c1-8(2)6-9-15-16-11(18-9)14-10(17)12(7-13)4-3-5-12/h8H,3-7,13H2,1-2H3,(H,14,16,17). The Morgan fingerprint density at radius 1 is 1.50 bits per heavy atom. The van der Waals surface area contributed by atoms with Crippen LogP contribution in [0.1, 0.15) is 38.1 Å². The predicted octanol–water partition coefficient (Wildman–Crippen LogP) is 1.80. The summed E-state index contributed by atoms with van der Waals surface area (Å²) < 4.78 is 0. The molecule has 1 saturated carbocycles. The molecule has 0 saturated heterocycles. The zero-order chi connectivity index (χ0) is 13.2. The summed E-state index contributed by atoms with van der Waals surface area (Å²) in [7, 11) is 0. The molecule has 6 heteroatoms. The van der Waals surface area contributed by atoms with Crippen LogP contribution in [0.2, 0.25) is 0 Å². The zero-order valence-corrected chi connectivity index (χ0v) is 11.7. The summed E-state index contributed by atoms with van der Waals surface area (Å²) in [5.74, 6) is 0.548. The summed E-state index contributed by atoms with van der Waals surface area (Å²) >= 11 is 1.46. The molecule has 0 atom stereocenters. The van der Waals surface area contributed by atoms with Crippen LogP contribution in [0.3, 0.4) is 0 Å². The van der Waals surface area contributed by atoms with Crippen LogP contribution in [0.25, 0.3) is 0 Å². The van der Waals surface area contributed by atoms with Gasteiger partial charge in [-0.15, -0.1) is 10.2 Å². The number of nitrogens with one attached hydrogen (secondary N) is 1. The number of hydrogen-bond donors (Lipinski definition) is 2. The van der Waals surface area contributed by atoms with Crippen molar-refractivity contribution in [1.29, 1.82) is 0 Å². The van der Waals surface area contributed by atoms with E-state index in [0.29, 0.717) is 17.6 Å². The lowest BCUT2D eigenvalue weighted by atomic mass is 9.68. The van der Waals surface area contributed by atoms with E-state index < -0.39 is 0 Å². The van der Waals surface area contributed by atoms with E-state index in [2.05, 4.69) is 29.4 Å². The number of nitrogens with two attached hydrogens (primary N) is 1. The average Bonchev–Trinajstić information content (AvgIpc) is 2.63. The summed E-state index contributed by atoms with van der Waals surface area (Å²) in [6.07, 6.45) is 3.74. The lowest BCUT2D eigenvalue weighted by molar-refractivity contribution is -0.129. The molecule has 1 aromatic heterocycles. The molecule has 0 radical (unpaired) electrons. The number of nitrogens with zero attached hydrogens (tertiary/aromatic N) is 2. The summed E-state index contributed by atoms with van der Waals surface area (Å²) in [6.45, 7) is 4.69. The molecule has 0 spiro atoms. The number of aromatic nitrogens is 2. The lowest BCUT2D eigenvalue weighted by Crippen LogP contribution is -2.47. The first-order chi connectivity index (χ1) is 8.55. The van der Waals surface area contributed by atoms with Crippen molar-refractivity contribution in [3.05, 3.63) is 5.01 Å². The molecule has 1 aromatic rings. The maximum Gasteiger partial charge on any atom is 0.233 e. The highest BCUT2D eigenvalue weighted by Crippen LogP contribution is 2.40. The number of hydrogen-bond acceptors (Lipinski definition) is 5. The Bertz CT molecular complexity index is 420. The van der Waals surface area contributed by atoms with E-state index in [-0.39, 0.29) is 11.3 Å². The highest BCUT2D eigenvalue weighted by atomic mass is 32.1. The molecule has 0 unspecified atom stereocenters. The van der Waals surface area contributed by atoms with Gasteiger partial charge in [-0.3, -0.25) is 10.1 Å². The first-order valence-corrected chi connectivity index (χ1v) is 7.21. The van der Waals surface area contributed by atoms with Crippen molar-refractivity contribution >= 4 is 22.4 Å². The van der Waals surface area contributed by atoms with Crippen LogP contribution in [0.15, 0.2) is 0 Å². The quantitative estimate of drug-likeness (QED) is 0.853. The topological polar surface area (TPSA) is 80.9 Å². The molecular weight excluding hydrogens is 248 g/mol. The third kappa shape index (κ3) is 2.70. The summed E-state index contributed by atoms with van der Waals surface area (Å²) in [4.78, 5) is 12.1. The van der Waals surface area contributed by atoms with Crippen LogP contribution in [0, 0.1) is 11.3 Å². The maximum absolute atomic E-state index is 12.1. The van der Waals surface area contributed by atoms with E-state index in [0.717, 1.165) is 30.7 Å². The van der Waals surface area contributed by atoms with Crippen molar-refractivity contribution in [3.8, 4) is 0 Å². The van der Waals surface area contributed by atoms with Gasteiger partial charge in [0.2, 0.25) is 11.0 Å². The van der Waals surface area contributed by atoms with Crippen molar-refractivity contribution in [2.45, 2.75) is 39.5 Å². The minimum Gasteiger partial charge on any atom is -0.329 e.